The Morgan fingerprint density at radius 1 is 1.78 bits per heavy atom. The van der Waals surface area contributed by atoms with Crippen molar-refractivity contribution in [1.29, 1.82) is 0 Å². The molecule has 0 aliphatic heterocycles. The van der Waals surface area contributed by atoms with Gasteiger partial charge >= 0.3 is 0 Å². The van der Waals surface area contributed by atoms with Crippen LogP contribution in [0.5, 0.6) is 0 Å². The van der Waals surface area contributed by atoms with Gasteiger partial charge in [-0.3, -0.25) is 4.79 Å². The first kappa shape index (κ1) is 6.75. The van der Waals surface area contributed by atoms with Crippen LogP contribution < -0.4 is 5.73 Å². The van der Waals surface area contributed by atoms with Crippen molar-refractivity contribution in [2.24, 2.45) is 11.7 Å². The Balaban J connectivity index is 2.49. The van der Waals surface area contributed by atoms with Gasteiger partial charge in [0.25, 0.3) is 0 Å². The van der Waals surface area contributed by atoms with Crippen molar-refractivity contribution in [3.63, 3.8) is 0 Å². The third kappa shape index (κ3) is 1.30. The number of Topliss-reactive ketones (excluding diaryl/α,β-unsaturated/α-hetero) is 1. The standard InChI is InChI=1S/C7H13NO/c1-5(8)6-3-2-4-7(6)9/h5-6H,2-4,8H2,1H3. The summed E-state index contributed by atoms with van der Waals surface area (Å²) in [6.07, 6.45) is 2.81. The summed E-state index contributed by atoms with van der Waals surface area (Å²) in [7, 11) is 0. The zero-order valence-electron chi connectivity index (χ0n) is 5.76. The third-order valence-corrected chi connectivity index (χ3v) is 1.99. The van der Waals surface area contributed by atoms with Gasteiger partial charge in [-0.15, -0.1) is 0 Å². The largest absolute Gasteiger partial charge is 0.327 e. The van der Waals surface area contributed by atoms with E-state index in [0.29, 0.717) is 5.78 Å². The molecule has 2 unspecified atom stereocenters. The molecular weight excluding hydrogens is 114 g/mol. The molecule has 0 aromatic carbocycles. The molecule has 0 aromatic heterocycles. The first-order valence-electron chi connectivity index (χ1n) is 3.50. The number of carbonyl (C=O) groups excluding carboxylic acids is 1. The third-order valence-electron chi connectivity index (χ3n) is 1.99. The molecule has 1 fully saturated rings. The zero-order chi connectivity index (χ0) is 6.85. The molecule has 1 aliphatic rings. The number of carbonyl (C=O) groups is 1. The fourth-order valence-electron chi connectivity index (χ4n) is 1.40. The maximum absolute atomic E-state index is 10.9. The van der Waals surface area contributed by atoms with Crippen LogP contribution in [0.3, 0.4) is 0 Å². The van der Waals surface area contributed by atoms with E-state index >= 15 is 0 Å². The van der Waals surface area contributed by atoms with E-state index in [1.165, 1.54) is 0 Å². The molecule has 52 valence electrons. The lowest BCUT2D eigenvalue weighted by molar-refractivity contribution is -0.121. The molecular formula is C7H13NO. The molecule has 0 spiro atoms. The van der Waals surface area contributed by atoms with Crippen LogP contribution >= 0.6 is 0 Å². The predicted molar refractivity (Wildman–Crippen MR) is 36.0 cm³/mol. The van der Waals surface area contributed by atoms with Gasteiger partial charge in [-0.05, 0) is 19.8 Å². The second-order valence-corrected chi connectivity index (χ2v) is 2.82. The smallest absolute Gasteiger partial charge is 0.137 e. The lowest BCUT2D eigenvalue weighted by Crippen LogP contribution is -2.29. The van der Waals surface area contributed by atoms with Gasteiger partial charge in [-0.25, -0.2) is 0 Å². The molecule has 0 heterocycles. The minimum atomic E-state index is 0.0694. The van der Waals surface area contributed by atoms with Crippen LogP contribution in [-0.2, 0) is 4.79 Å². The minimum Gasteiger partial charge on any atom is -0.327 e. The molecule has 1 saturated carbocycles. The van der Waals surface area contributed by atoms with E-state index in [2.05, 4.69) is 0 Å². The highest BCUT2D eigenvalue weighted by atomic mass is 16.1. The SMILES string of the molecule is CC(N)C1CCCC1=O. The summed E-state index contributed by atoms with van der Waals surface area (Å²) in [6.45, 7) is 1.91. The number of nitrogens with two attached hydrogens (primary N) is 1. The van der Waals surface area contributed by atoms with Crippen LogP contribution in [0.1, 0.15) is 26.2 Å². The maximum atomic E-state index is 10.9. The van der Waals surface area contributed by atoms with Crippen LogP contribution in [0.25, 0.3) is 0 Å². The Morgan fingerprint density at radius 2 is 2.44 bits per heavy atom. The molecule has 0 amide bonds. The molecule has 2 N–H and O–H groups in total. The van der Waals surface area contributed by atoms with Gasteiger partial charge in [0.05, 0.1) is 0 Å². The van der Waals surface area contributed by atoms with Crippen LogP contribution in [0.15, 0.2) is 0 Å². The minimum absolute atomic E-state index is 0.0694. The number of hydrogen-bond donors (Lipinski definition) is 1. The Hall–Kier alpha value is -0.370. The molecule has 2 nitrogen and oxygen atoms in total. The quantitative estimate of drug-likeness (QED) is 0.563. The van der Waals surface area contributed by atoms with E-state index in [1.54, 1.807) is 0 Å². The Bertz CT molecular complexity index is 120. The normalized spacial score (nSPS) is 30.9. The molecule has 1 aliphatic carbocycles. The van der Waals surface area contributed by atoms with E-state index in [0.717, 1.165) is 19.3 Å². The first-order chi connectivity index (χ1) is 4.22. The molecule has 0 saturated heterocycles. The highest BCUT2D eigenvalue weighted by Crippen LogP contribution is 2.22. The van der Waals surface area contributed by atoms with Crippen LogP contribution in [0, 0.1) is 5.92 Å². The highest BCUT2D eigenvalue weighted by Gasteiger charge is 2.26. The summed E-state index contributed by atoms with van der Waals surface area (Å²) in [6, 6.07) is 0.0694. The first-order valence-corrected chi connectivity index (χ1v) is 3.50. The number of hydrogen-bond acceptors (Lipinski definition) is 2. The van der Waals surface area contributed by atoms with E-state index in [4.69, 9.17) is 5.73 Å². The van der Waals surface area contributed by atoms with Crippen molar-refractivity contribution in [1.82, 2.24) is 0 Å². The van der Waals surface area contributed by atoms with Crippen LogP contribution in [0.2, 0.25) is 0 Å². The van der Waals surface area contributed by atoms with Crippen molar-refractivity contribution >= 4 is 5.78 Å². The fraction of sp³-hybridized carbons (Fsp3) is 0.857. The topological polar surface area (TPSA) is 43.1 Å². The molecule has 0 aromatic rings. The Labute approximate surface area is 55.4 Å². The molecule has 9 heavy (non-hydrogen) atoms. The van der Waals surface area contributed by atoms with Crippen molar-refractivity contribution < 1.29 is 4.79 Å². The molecule has 2 atom stereocenters. The van der Waals surface area contributed by atoms with Crippen molar-refractivity contribution in [2.45, 2.75) is 32.2 Å². The average molecular weight is 127 g/mol. The van der Waals surface area contributed by atoms with Gasteiger partial charge in [0.15, 0.2) is 0 Å². The summed E-state index contributed by atoms with van der Waals surface area (Å²) in [5, 5.41) is 0. The summed E-state index contributed by atoms with van der Waals surface area (Å²) < 4.78 is 0. The molecule has 0 radical (unpaired) electrons. The summed E-state index contributed by atoms with van der Waals surface area (Å²) in [4.78, 5) is 10.9. The Morgan fingerprint density at radius 3 is 2.67 bits per heavy atom. The van der Waals surface area contributed by atoms with Gasteiger partial charge in [0.2, 0.25) is 0 Å². The second-order valence-electron chi connectivity index (χ2n) is 2.82. The number of rotatable bonds is 1. The van der Waals surface area contributed by atoms with Crippen molar-refractivity contribution in [3.8, 4) is 0 Å². The lowest BCUT2D eigenvalue weighted by atomic mass is 10.00. The van der Waals surface area contributed by atoms with Crippen LogP contribution in [0.4, 0.5) is 0 Å². The van der Waals surface area contributed by atoms with Gasteiger partial charge in [0.1, 0.15) is 5.78 Å². The Kier molecular flexibility index (Phi) is 1.86. The lowest BCUT2D eigenvalue weighted by Gasteiger charge is -2.10. The summed E-state index contributed by atoms with van der Waals surface area (Å²) in [5.41, 5.74) is 5.57. The van der Waals surface area contributed by atoms with E-state index in [1.807, 2.05) is 6.92 Å². The zero-order valence-corrected chi connectivity index (χ0v) is 5.76. The monoisotopic (exact) mass is 127 g/mol. The van der Waals surface area contributed by atoms with E-state index < -0.39 is 0 Å². The van der Waals surface area contributed by atoms with Crippen LogP contribution in [-0.4, -0.2) is 11.8 Å². The summed E-state index contributed by atoms with van der Waals surface area (Å²) in [5.74, 6) is 0.537. The maximum Gasteiger partial charge on any atom is 0.137 e. The van der Waals surface area contributed by atoms with E-state index in [-0.39, 0.29) is 12.0 Å². The van der Waals surface area contributed by atoms with Gasteiger partial charge in [-0.2, -0.15) is 0 Å². The molecule has 0 bridgehead atoms. The molecule has 2 heteroatoms. The second kappa shape index (κ2) is 2.48. The highest BCUT2D eigenvalue weighted by molar-refractivity contribution is 5.83. The van der Waals surface area contributed by atoms with E-state index in [9.17, 15) is 4.79 Å². The van der Waals surface area contributed by atoms with Gasteiger partial charge < -0.3 is 5.73 Å². The van der Waals surface area contributed by atoms with Crippen molar-refractivity contribution in [2.75, 3.05) is 0 Å². The average Bonchev–Trinajstić information content (AvgIpc) is 2.13. The number of ketones is 1. The van der Waals surface area contributed by atoms with Gasteiger partial charge in [0, 0.05) is 18.4 Å². The predicted octanol–water partition coefficient (Wildman–Crippen LogP) is 0.703. The fourth-order valence-corrected chi connectivity index (χ4v) is 1.40. The summed E-state index contributed by atoms with van der Waals surface area (Å²) >= 11 is 0. The molecule has 1 rings (SSSR count). The van der Waals surface area contributed by atoms with Crippen molar-refractivity contribution in [3.05, 3.63) is 0 Å². The van der Waals surface area contributed by atoms with Gasteiger partial charge in [-0.1, -0.05) is 0 Å².